The minimum Gasteiger partial charge on any atom is -0.377 e. The number of hydrogen-bond acceptors (Lipinski definition) is 2. The second-order valence-corrected chi connectivity index (χ2v) is 6.47. The van der Waals surface area contributed by atoms with E-state index < -0.39 is 0 Å². The fourth-order valence-corrected chi connectivity index (χ4v) is 2.76. The van der Waals surface area contributed by atoms with Gasteiger partial charge in [0.15, 0.2) is 0 Å². The van der Waals surface area contributed by atoms with Crippen LogP contribution >= 0.6 is 39.3 Å². The third-order valence-corrected chi connectivity index (χ3v) is 4.48. The van der Waals surface area contributed by atoms with Crippen LogP contribution in [0, 0.1) is 0 Å². The van der Waals surface area contributed by atoms with Crippen molar-refractivity contribution in [1.82, 2.24) is 0 Å². The highest BCUT2D eigenvalue weighted by molar-refractivity contribution is 9.10. The van der Waals surface area contributed by atoms with Crippen LogP contribution in [-0.2, 0) is 0 Å². The summed E-state index contributed by atoms with van der Waals surface area (Å²) in [6.45, 7) is 2.13. The number of nitrogens with one attached hydrogen (secondary N) is 1. The average molecular weight is 357 g/mol. The number of rotatable bonds is 4. The number of halogens is 2. The van der Waals surface area contributed by atoms with Crippen molar-refractivity contribution in [3.63, 3.8) is 0 Å². The van der Waals surface area contributed by atoms with Crippen molar-refractivity contribution in [1.29, 1.82) is 0 Å². The second kappa shape index (κ2) is 6.69. The largest absolute Gasteiger partial charge is 0.377 e. The zero-order chi connectivity index (χ0) is 13.8. The lowest BCUT2D eigenvalue weighted by atomic mass is 10.1. The third-order valence-electron chi connectivity index (χ3n) is 2.92. The predicted molar refractivity (Wildman–Crippen MR) is 89.4 cm³/mol. The van der Waals surface area contributed by atoms with Crippen molar-refractivity contribution < 1.29 is 0 Å². The van der Waals surface area contributed by atoms with Crippen LogP contribution in [0.4, 0.5) is 5.69 Å². The Labute approximate surface area is 131 Å². The Kier molecular flexibility index (Phi) is 5.20. The van der Waals surface area contributed by atoms with E-state index in [0.717, 1.165) is 15.2 Å². The molecule has 2 aromatic rings. The zero-order valence-corrected chi connectivity index (χ0v) is 13.9. The SMILES string of the molecule is CSc1ccc(C(C)Nc2cc(Br)ccc2Cl)cc1. The van der Waals surface area contributed by atoms with Crippen molar-refractivity contribution in [2.75, 3.05) is 11.6 Å². The predicted octanol–water partition coefficient (Wildman–Crippen LogP) is 6.00. The van der Waals surface area contributed by atoms with Crippen molar-refractivity contribution in [2.24, 2.45) is 0 Å². The normalized spacial score (nSPS) is 12.2. The standard InChI is InChI=1S/C15H15BrClNS/c1-10(11-3-6-13(19-2)7-4-11)18-15-9-12(16)5-8-14(15)17/h3-10,18H,1-2H3. The third kappa shape index (κ3) is 3.91. The highest BCUT2D eigenvalue weighted by atomic mass is 79.9. The van der Waals surface area contributed by atoms with Gasteiger partial charge in [0, 0.05) is 15.4 Å². The van der Waals surface area contributed by atoms with Crippen LogP contribution in [0.25, 0.3) is 0 Å². The molecule has 0 amide bonds. The van der Waals surface area contributed by atoms with Crippen molar-refractivity contribution in [3.8, 4) is 0 Å². The molecular weight excluding hydrogens is 342 g/mol. The van der Waals surface area contributed by atoms with Gasteiger partial charge in [-0.3, -0.25) is 0 Å². The number of hydrogen-bond donors (Lipinski definition) is 1. The van der Waals surface area contributed by atoms with Gasteiger partial charge in [-0.05, 0) is 49.1 Å². The van der Waals surface area contributed by atoms with Crippen LogP contribution in [0.3, 0.4) is 0 Å². The summed E-state index contributed by atoms with van der Waals surface area (Å²) in [6, 6.07) is 14.6. The Morgan fingerprint density at radius 1 is 1.16 bits per heavy atom. The Bertz CT molecular complexity index is 557. The molecule has 0 aliphatic heterocycles. The zero-order valence-electron chi connectivity index (χ0n) is 10.8. The Morgan fingerprint density at radius 3 is 2.47 bits per heavy atom. The fraction of sp³-hybridized carbons (Fsp3) is 0.200. The van der Waals surface area contributed by atoms with Gasteiger partial charge >= 0.3 is 0 Å². The maximum atomic E-state index is 6.19. The first kappa shape index (κ1) is 14.8. The van der Waals surface area contributed by atoms with Gasteiger partial charge in [-0.1, -0.05) is 39.7 Å². The van der Waals surface area contributed by atoms with Gasteiger partial charge in [0.05, 0.1) is 10.7 Å². The van der Waals surface area contributed by atoms with E-state index in [1.54, 1.807) is 11.8 Å². The van der Waals surface area contributed by atoms with Gasteiger partial charge in [0.25, 0.3) is 0 Å². The van der Waals surface area contributed by atoms with E-state index in [-0.39, 0.29) is 6.04 Å². The number of anilines is 1. The van der Waals surface area contributed by atoms with Crippen LogP contribution in [0.5, 0.6) is 0 Å². The molecule has 0 spiro atoms. The molecule has 0 aliphatic rings. The first-order chi connectivity index (χ1) is 9.10. The maximum absolute atomic E-state index is 6.19. The lowest BCUT2D eigenvalue weighted by Crippen LogP contribution is -2.06. The van der Waals surface area contributed by atoms with E-state index >= 15 is 0 Å². The summed E-state index contributed by atoms with van der Waals surface area (Å²) in [6.07, 6.45) is 2.08. The van der Waals surface area contributed by atoms with Gasteiger partial charge in [-0.15, -0.1) is 11.8 Å². The van der Waals surface area contributed by atoms with E-state index in [1.165, 1.54) is 10.5 Å². The molecule has 1 atom stereocenters. The summed E-state index contributed by atoms with van der Waals surface area (Å²) in [4.78, 5) is 1.27. The smallest absolute Gasteiger partial charge is 0.0638 e. The molecule has 0 heterocycles. The molecule has 2 rings (SSSR count). The first-order valence-electron chi connectivity index (χ1n) is 5.95. The fourth-order valence-electron chi connectivity index (χ4n) is 1.82. The molecule has 19 heavy (non-hydrogen) atoms. The Morgan fingerprint density at radius 2 is 1.84 bits per heavy atom. The molecule has 100 valence electrons. The summed E-state index contributed by atoms with van der Waals surface area (Å²) < 4.78 is 1.02. The highest BCUT2D eigenvalue weighted by Gasteiger charge is 2.08. The highest BCUT2D eigenvalue weighted by Crippen LogP contribution is 2.29. The average Bonchev–Trinajstić information content (AvgIpc) is 2.43. The summed E-state index contributed by atoms with van der Waals surface area (Å²) >= 11 is 11.4. The van der Waals surface area contributed by atoms with Gasteiger partial charge in [0.1, 0.15) is 0 Å². The van der Waals surface area contributed by atoms with Crippen molar-refractivity contribution in [2.45, 2.75) is 17.9 Å². The summed E-state index contributed by atoms with van der Waals surface area (Å²) in [7, 11) is 0. The number of benzene rings is 2. The molecule has 1 nitrogen and oxygen atoms in total. The van der Waals surface area contributed by atoms with E-state index in [2.05, 4.69) is 58.7 Å². The van der Waals surface area contributed by atoms with Crippen LogP contribution in [-0.4, -0.2) is 6.26 Å². The van der Waals surface area contributed by atoms with Gasteiger partial charge in [0.2, 0.25) is 0 Å². The first-order valence-corrected chi connectivity index (χ1v) is 8.35. The summed E-state index contributed by atoms with van der Waals surface area (Å²) in [5.74, 6) is 0. The molecule has 0 aromatic heterocycles. The lowest BCUT2D eigenvalue weighted by molar-refractivity contribution is 0.882. The van der Waals surface area contributed by atoms with Crippen LogP contribution in [0.2, 0.25) is 5.02 Å². The minimum absolute atomic E-state index is 0.211. The van der Waals surface area contributed by atoms with Gasteiger partial charge in [-0.25, -0.2) is 0 Å². The Balaban J connectivity index is 2.15. The van der Waals surface area contributed by atoms with Crippen LogP contribution in [0.15, 0.2) is 51.8 Å². The van der Waals surface area contributed by atoms with Gasteiger partial charge < -0.3 is 5.32 Å². The van der Waals surface area contributed by atoms with E-state index in [0.29, 0.717) is 0 Å². The summed E-state index contributed by atoms with van der Waals surface area (Å²) in [5, 5.41) is 4.17. The summed E-state index contributed by atoms with van der Waals surface area (Å²) in [5.41, 5.74) is 2.19. The molecule has 0 saturated carbocycles. The van der Waals surface area contributed by atoms with Crippen molar-refractivity contribution in [3.05, 3.63) is 57.5 Å². The van der Waals surface area contributed by atoms with E-state index in [1.807, 2.05) is 18.2 Å². The van der Waals surface area contributed by atoms with Crippen LogP contribution in [0.1, 0.15) is 18.5 Å². The lowest BCUT2D eigenvalue weighted by Gasteiger charge is -2.17. The molecule has 4 heteroatoms. The second-order valence-electron chi connectivity index (χ2n) is 4.26. The van der Waals surface area contributed by atoms with E-state index in [9.17, 15) is 0 Å². The molecule has 0 bridgehead atoms. The van der Waals surface area contributed by atoms with Crippen LogP contribution < -0.4 is 5.32 Å². The monoisotopic (exact) mass is 355 g/mol. The molecule has 0 radical (unpaired) electrons. The Hall–Kier alpha value is -0.640. The molecule has 0 fully saturated rings. The maximum Gasteiger partial charge on any atom is 0.0638 e. The topological polar surface area (TPSA) is 12.0 Å². The quantitative estimate of drug-likeness (QED) is 0.674. The number of thioether (sulfide) groups is 1. The molecule has 1 unspecified atom stereocenters. The molecular formula is C15H15BrClNS. The van der Waals surface area contributed by atoms with Gasteiger partial charge in [-0.2, -0.15) is 0 Å². The molecule has 1 N–H and O–H groups in total. The minimum atomic E-state index is 0.211. The molecule has 0 aliphatic carbocycles. The molecule has 0 saturated heterocycles. The van der Waals surface area contributed by atoms with E-state index in [4.69, 9.17) is 11.6 Å². The molecule has 2 aromatic carbocycles. The van der Waals surface area contributed by atoms with Crippen molar-refractivity contribution >= 4 is 45.0 Å².